The van der Waals surface area contributed by atoms with Crippen LogP contribution >= 0.6 is 0 Å². The average molecular weight is 334 g/mol. The summed E-state index contributed by atoms with van der Waals surface area (Å²) in [5.41, 5.74) is 0.873. The molecule has 0 aromatic carbocycles. The Morgan fingerprint density at radius 2 is 2.00 bits per heavy atom. The molecule has 0 spiro atoms. The van der Waals surface area contributed by atoms with Gasteiger partial charge in [0.15, 0.2) is 9.84 Å². The number of pyridine rings is 1. The minimum atomic E-state index is -3.31. The molecule has 0 aliphatic heterocycles. The summed E-state index contributed by atoms with van der Waals surface area (Å²) in [7, 11) is -3.31. The van der Waals surface area contributed by atoms with Gasteiger partial charge in [0.1, 0.15) is 0 Å². The minimum Gasteiger partial charge on any atom is -0.263 e. The molecule has 1 aromatic heterocycles. The number of aromatic nitrogens is 1. The standard InChI is InChI=1S/C18H26N2O2S/c1-3-14(2)18(9-10-19)15-11-17(13-20-12-15)23(21,22)16-7-5-4-6-8-16/h11-14,16,18H,3-9H2,1-2H3. The van der Waals surface area contributed by atoms with Gasteiger partial charge in [0.05, 0.1) is 16.2 Å². The lowest BCUT2D eigenvalue weighted by atomic mass is 9.84. The number of nitrogens with zero attached hydrogens (tertiary/aromatic N) is 2. The van der Waals surface area contributed by atoms with Crippen molar-refractivity contribution in [2.24, 2.45) is 5.92 Å². The van der Waals surface area contributed by atoms with Gasteiger partial charge in [-0.3, -0.25) is 4.98 Å². The van der Waals surface area contributed by atoms with Crippen molar-refractivity contribution in [2.45, 2.75) is 74.9 Å². The second-order valence-electron chi connectivity index (χ2n) is 6.61. The Labute approximate surface area is 139 Å². The SMILES string of the molecule is CCC(C)C(CC#N)c1cncc(S(=O)(=O)C2CCCCC2)c1. The Bertz CT molecular complexity index is 658. The fourth-order valence-electron chi connectivity index (χ4n) is 3.39. The zero-order chi connectivity index (χ0) is 16.9. The fraction of sp³-hybridized carbons (Fsp3) is 0.667. The molecule has 126 valence electrons. The topological polar surface area (TPSA) is 70.8 Å². The van der Waals surface area contributed by atoms with E-state index in [1.54, 1.807) is 12.3 Å². The van der Waals surface area contributed by atoms with Crippen LogP contribution in [0.4, 0.5) is 0 Å². The molecule has 1 saturated carbocycles. The lowest BCUT2D eigenvalue weighted by molar-refractivity contribution is 0.449. The minimum absolute atomic E-state index is 0.0407. The second kappa shape index (κ2) is 7.92. The zero-order valence-corrected chi connectivity index (χ0v) is 14.8. The van der Waals surface area contributed by atoms with Crippen LogP contribution in [0.3, 0.4) is 0 Å². The van der Waals surface area contributed by atoms with Crippen LogP contribution in [0.25, 0.3) is 0 Å². The molecule has 4 nitrogen and oxygen atoms in total. The monoisotopic (exact) mass is 334 g/mol. The summed E-state index contributed by atoms with van der Waals surface area (Å²) in [5.74, 6) is 0.364. The molecule has 1 heterocycles. The van der Waals surface area contributed by atoms with E-state index < -0.39 is 9.84 Å². The fourth-order valence-corrected chi connectivity index (χ4v) is 5.24. The molecule has 2 atom stereocenters. The van der Waals surface area contributed by atoms with Crippen molar-refractivity contribution in [3.8, 4) is 6.07 Å². The van der Waals surface area contributed by atoms with Crippen LogP contribution < -0.4 is 0 Å². The van der Waals surface area contributed by atoms with E-state index in [9.17, 15) is 8.42 Å². The van der Waals surface area contributed by atoms with Crippen molar-refractivity contribution < 1.29 is 8.42 Å². The van der Waals surface area contributed by atoms with Gasteiger partial charge in [-0.05, 0) is 30.4 Å². The van der Waals surface area contributed by atoms with E-state index in [0.717, 1.165) is 44.1 Å². The van der Waals surface area contributed by atoms with Gasteiger partial charge in [-0.2, -0.15) is 5.26 Å². The molecule has 1 aliphatic rings. The van der Waals surface area contributed by atoms with Gasteiger partial charge in [-0.15, -0.1) is 0 Å². The van der Waals surface area contributed by atoms with Crippen LogP contribution in [-0.2, 0) is 9.84 Å². The predicted octanol–water partition coefficient (Wildman–Crippen LogP) is 4.23. The second-order valence-corrected chi connectivity index (χ2v) is 8.84. The van der Waals surface area contributed by atoms with Crippen LogP contribution in [0.5, 0.6) is 0 Å². The average Bonchev–Trinajstić information content (AvgIpc) is 2.60. The number of sulfone groups is 1. The van der Waals surface area contributed by atoms with Crippen LogP contribution in [0, 0.1) is 17.2 Å². The molecule has 0 N–H and O–H groups in total. The van der Waals surface area contributed by atoms with E-state index >= 15 is 0 Å². The quantitative estimate of drug-likeness (QED) is 0.780. The molecule has 0 radical (unpaired) electrons. The molecule has 5 heteroatoms. The Balaban J connectivity index is 2.33. The molecule has 1 fully saturated rings. The van der Waals surface area contributed by atoms with Gasteiger partial charge in [0.2, 0.25) is 0 Å². The summed E-state index contributed by atoms with van der Waals surface area (Å²) in [6.45, 7) is 4.19. The van der Waals surface area contributed by atoms with Crippen LogP contribution in [0.15, 0.2) is 23.4 Å². The highest BCUT2D eigenvalue weighted by Crippen LogP contribution is 2.33. The van der Waals surface area contributed by atoms with Crippen molar-refractivity contribution in [3.63, 3.8) is 0 Å². The van der Waals surface area contributed by atoms with Gasteiger partial charge >= 0.3 is 0 Å². The summed E-state index contributed by atoms with van der Waals surface area (Å²) in [5, 5.41) is 8.81. The number of rotatable bonds is 6. The zero-order valence-electron chi connectivity index (χ0n) is 14.0. The lowest BCUT2D eigenvalue weighted by Crippen LogP contribution is -2.24. The smallest absolute Gasteiger partial charge is 0.182 e. The van der Waals surface area contributed by atoms with E-state index in [4.69, 9.17) is 5.26 Å². The molecular weight excluding hydrogens is 308 g/mol. The molecule has 23 heavy (non-hydrogen) atoms. The van der Waals surface area contributed by atoms with Crippen molar-refractivity contribution in [1.29, 1.82) is 5.26 Å². The predicted molar refractivity (Wildman–Crippen MR) is 90.7 cm³/mol. The number of nitriles is 1. The summed E-state index contributed by atoms with van der Waals surface area (Å²) in [6, 6.07) is 3.98. The third-order valence-electron chi connectivity index (χ3n) is 5.12. The molecular formula is C18H26N2O2S. The molecule has 1 aliphatic carbocycles. The van der Waals surface area contributed by atoms with Gasteiger partial charge in [-0.25, -0.2) is 8.42 Å². The van der Waals surface area contributed by atoms with Gasteiger partial charge < -0.3 is 0 Å². The number of hydrogen-bond acceptors (Lipinski definition) is 4. The Morgan fingerprint density at radius 3 is 2.61 bits per heavy atom. The van der Waals surface area contributed by atoms with Crippen molar-refractivity contribution in [3.05, 3.63) is 24.0 Å². The van der Waals surface area contributed by atoms with Crippen LogP contribution in [0.1, 0.15) is 70.3 Å². The Hall–Kier alpha value is -1.41. The first-order chi connectivity index (χ1) is 11.0. The third kappa shape index (κ3) is 4.11. The van der Waals surface area contributed by atoms with Gasteiger partial charge in [0, 0.05) is 24.7 Å². The summed E-state index contributed by atoms with van der Waals surface area (Å²) >= 11 is 0. The first kappa shape index (κ1) is 17.9. The normalized spacial score (nSPS) is 19.0. The number of hydrogen-bond donors (Lipinski definition) is 0. The molecule has 0 bridgehead atoms. The lowest BCUT2D eigenvalue weighted by Gasteiger charge is -2.23. The van der Waals surface area contributed by atoms with Crippen LogP contribution in [0.2, 0.25) is 0 Å². The summed E-state index contributed by atoms with van der Waals surface area (Å²) in [6.07, 6.45) is 9.13. The third-order valence-corrected chi connectivity index (χ3v) is 7.35. The highest BCUT2D eigenvalue weighted by Gasteiger charge is 2.30. The van der Waals surface area contributed by atoms with E-state index in [1.807, 2.05) is 0 Å². The van der Waals surface area contributed by atoms with E-state index in [1.165, 1.54) is 6.20 Å². The van der Waals surface area contributed by atoms with Crippen molar-refractivity contribution in [1.82, 2.24) is 4.98 Å². The summed E-state index contributed by atoms with van der Waals surface area (Å²) < 4.78 is 25.7. The first-order valence-corrected chi connectivity index (χ1v) is 10.1. The maximum atomic E-state index is 12.9. The van der Waals surface area contributed by atoms with Crippen molar-refractivity contribution in [2.75, 3.05) is 0 Å². The van der Waals surface area contributed by atoms with Crippen molar-refractivity contribution >= 4 is 9.84 Å². The Morgan fingerprint density at radius 1 is 1.30 bits per heavy atom. The van der Waals surface area contributed by atoms with E-state index in [2.05, 4.69) is 24.9 Å². The highest BCUT2D eigenvalue weighted by molar-refractivity contribution is 7.92. The van der Waals surface area contributed by atoms with Gasteiger partial charge in [0.25, 0.3) is 0 Å². The maximum absolute atomic E-state index is 12.9. The van der Waals surface area contributed by atoms with Crippen LogP contribution in [-0.4, -0.2) is 18.7 Å². The first-order valence-electron chi connectivity index (χ1n) is 8.56. The molecule has 0 amide bonds. The molecule has 1 aromatic rings. The Kier molecular flexibility index (Phi) is 6.17. The largest absolute Gasteiger partial charge is 0.263 e. The molecule has 0 saturated heterocycles. The summed E-state index contributed by atoms with van der Waals surface area (Å²) in [4.78, 5) is 4.50. The van der Waals surface area contributed by atoms with E-state index in [-0.39, 0.29) is 11.2 Å². The van der Waals surface area contributed by atoms with E-state index in [0.29, 0.717) is 17.2 Å². The maximum Gasteiger partial charge on any atom is 0.182 e. The molecule has 2 unspecified atom stereocenters. The van der Waals surface area contributed by atoms with Gasteiger partial charge in [-0.1, -0.05) is 39.5 Å². The highest BCUT2D eigenvalue weighted by atomic mass is 32.2. The molecule has 2 rings (SSSR count).